The summed E-state index contributed by atoms with van der Waals surface area (Å²) >= 11 is 6.24. The molecule has 0 radical (unpaired) electrons. The van der Waals surface area contributed by atoms with Crippen molar-refractivity contribution in [2.75, 3.05) is 11.9 Å². The van der Waals surface area contributed by atoms with E-state index in [-0.39, 0.29) is 10.6 Å². The average Bonchev–Trinajstić information content (AvgIpc) is 2.61. The van der Waals surface area contributed by atoms with Crippen molar-refractivity contribution in [3.8, 4) is 5.69 Å². The van der Waals surface area contributed by atoms with Crippen molar-refractivity contribution in [1.82, 2.24) is 9.78 Å². The van der Waals surface area contributed by atoms with Crippen molar-refractivity contribution in [1.29, 1.82) is 0 Å². The summed E-state index contributed by atoms with van der Waals surface area (Å²) in [5, 5.41) is 7.60. The molecule has 2 aromatic rings. The predicted octanol–water partition coefficient (Wildman–Crippen LogP) is 4.27. The summed E-state index contributed by atoms with van der Waals surface area (Å²) < 4.78 is 1.32. The Kier molecular flexibility index (Phi) is 5.16. The standard InChI is InChI=1S/C19H20ClN3O/c1-14-7-9-16(10-8-14)23-19(24)18(20)17(13-22-23)21-12-11-15-5-3-2-4-6-15/h3,5-10,13,21H,2,4,11-12H2,1H3. The number of benzene rings is 1. The zero-order valence-corrected chi connectivity index (χ0v) is 14.4. The van der Waals surface area contributed by atoms with Crippen LogP contribution in [0.1, 0.15) is 24.8 Å². The van der Waals surface area contributed by atoms with Crippen LogP contribution in [0.4, 0.5) is 5.69 Å². The summed E-state index contributed by atoms with van der Waals surface area (Å²) in [6, 6.07) is 7.59. The van der Waals surface area contributed by atoms with Crippen LogP contribution in [0.2, 0.25) is 5.02 Å². The fourth-order valence-electron chi connectivity index (χ4n) is 2.62. The Bertz CT molecular complexity index is 835. The number of hydrogen-bond donors (Lipinski definition) is 1. The summed E-state index contributed by atoms with van der Waals surface area (Å²) in [6.07, 6.45) is 11.3. The molecule has 1 aliphatic carbocycles. The first-order valence-corrected chi connectivity index (χ1v) is 8.47. The van der Waals surface area contributed by atoms with Crippen LogP contribution in [-0.2, 0) is 0 Å². The first kappa shape index (κ1) is 16.5. The van der Waals surface area contributed by atoms with Crippen molar-refractivity contribution in [3.05, 3.63) is 75.2 Å². The summed E-state index contributed by atoms with van der Waals surface area (Å²) in [7, 11) is 0. The lowest BCUT2D eigenvalue weighted by Gasteiger charge is -2.11. The van der Waals surface area contributed by atoms with Gasteiger partial charge in [0.15, 0.2) is 0 Å². The lowest BCUT2D eigenvalue weighted by atomic mass is 10.0. The number of anilines is 1. The highest BCUT2D eigenvalue weighted by atomic mass is 35.5. The number of allylic oxidation sites excluding steroid dienone is 3. The Balaban J connectivity index is 1.72. The molecule has 0 saturated carbocycles. The van der Waals surface area contributed by atoms with E-state index in [9.17, 15) is 4.79 Å². The lowest BCUT2D eigenvalue weighted by molar-refractivity contribution is 0.806. The fraction of sp³-hybridized carbons (Fsp3) is 0.263. The quantitative estimate of drug-likeness (QED) is 0.883. The molecular weight excluding hydrogens is 322 g/mol. The van der Waals surface area contributed by atoms with Gasteiger partial charge in [0.1, 0.15) is 5.02 Å². The molecule has 0 saturated heterocycles. The normalized spacial score (nSPS) is 13.7. The molecule has 5 heteroatoms. The Labute approximate surface area is 146 Å². The SMILES string of the molecule is Cc1ccc(-n2ncc(NCCC3=CCCC=C3)c(Cl)c2=O)cc1. The molecule has 0 unspecified atom stereocenters. The van der Waals surface area contributed by atoms with Crippen molar-refractivity contribution in [2.45, 2.75) is 26.2 Å². The predicted molar refractivity (Wildman–Crippen MR) is 99.1 cm³/mol. The van der Waals surface area contributed by atoms with Crippen LogP contribution < -0.4 is 10.9 Å². The third-order valence-corrected chi connectivity index (χ3v) is 4.36. The van der Waals surface area contributed by atoms with Crippen molar-refractivity contribution in [3.63, 3.8) is 0 Å². The summed E-state index contributed by atoms with van der Waals surface area (Å²) in [5.41, 5.74) is 3.40. The highest BCUT2D eigenvalue weighted by Crippen LogP contribution is 2.18. The van der Waals surface area contributed by atoms with Gasteiger partial charge in [-0.3, -0.25) is 4.79 Å². The summed E-state index contributed by atoms with van der Waals surface area (Å²) in [6.45, 7) is 2.71. The maximum Gasteiger partial charge on any atom is 0.292 e. The molecule has 0 amide bonds. The monoisotopic (exact) mass is 341 g/mol. The highest BCUT2D eigenvalue weighted by molar-refractivity contribution is 6.32. The molecule has 0 aliphatic heterocycles. The largest absolute Gasteiger partial charge is 0.382 e. The van der Waals surface area contributed by atoms with E-state index in [2.05, 4.69) is 28.6 Å². The first-order valence-electron chi connectivity index (χ1n) is 8.09. The van der Waals surface area contributed by atoms with Gasteiger partial charge in [-0.25, -0.2) is 0 Å². The van der Waals surface area contributed by atoms with Gasteiger partial charge in [0.25, 0.3) is 5.56 Å². The molecule has 3 rings (SSSR count). The molecule has 1 aliphatic rings. The minimum atomic E-state index is -0.317. The van der Waals surface area contributed by atoms with Gasteiger partial charge in [-0.2, -0.15) is 9.78 Å². The molecule has 0 bridgehead atoms. The van der Waals surface area contributed by atoms with E-state index in [1.54, 1.807) is 6.20 Å². The third kappa shape index (κ3) is 3.77. The highest BCUT2D eigenvalue weighted by Gasteiger charge is 2.10. The minimum absolute atomic E-state index is 0.166. The van der Waals surface area contributed by atoms with Gasteiger partial charge in [-0.1, -0.05) is 53.1 Å². The minimum Gasteiger partial charge on any atom is -0.382 e. The van der Waals surface area contributed by atoms with E-state index >= 15 is 0 Å². The van der Waals surface area contributed by atoms with Gasteiger partial charge in [-0.15, -0.1) is 0 Å². The van der Waals surface area contributed by atoms with Crippen molar-refractivity contribution >= 4 is 17.3 Å². The second kappa shape index (κ2) is 7.49. The second-order valence-electron chi connectivity index (χ2n) is 5.86. The summed E-state index contributed by atoms with van der Waals surface area (Å²) in [5.74, 6) is 0. The molecule has 1 N–H and O–H groups in total. The number of nitrogens with zero attached hydrogens (tertiary/aromatic N) is 2. The van der Waals surface area contributed by atoms with E-state index < -0.39 is 0 Å². The molecular formula is C19H20ClN3O. The fourth-order valence-corrected chi connectivity index (χ4v) is 2.82. The van der Waals surface area contributed by atoms with Gasteiger partial charge in [0, 0.05) is 6.54 Å². The number of halogens is 1. The molecule has 0 atom stereocenters. The second-order valence-corrected chi connectivity index (χ2v) is 6.24. The van der Waals surface area contributed by atoms with Crippen LogP contribution in [-0.4, -0.2) is 16.3 Å². The van der Waals surface area contributed by atoms with Gasteiger partial charge in [-0.05, 0) is 38.3 Å². The number of nitrogens with one attached hydrogen (secondary N) is 1. The first-order chi connectivity index (χ1) is 11.6. The van der Waals surface area contributed by atoms with Crippen LogP contribution in [0.5, 0.6) is 0 Å². The molecule has 124 valence electrons. The maximum atomic E-state index is 12.4. The van der Waals surface area contributed by atoms with E-state index in [0.29, 0.717) is 17.9 Å². The number of rotatable bonds is 5. The molecule has 1 aromatic carbocycles. The Morgan fingerprint density at radius 3 is 2.75 bits per heavy atom. The molecule has 1 heterocycles. The molecule has 1 aromatic heterocycles. The molecule has 24 heavy (non-hydrogen) atoms. The van der Waals surface area contributed by atoms with Crippen LogP contribution >= 0.6 is 11.6 Å². The van der Waals surface area contributed by atoms with Gasteiger partial charge < -0.3 is 5.32 Å². The maximum absolute atomic E-state index is 12.4. The Hall–Kier alpha value is -2.33. The zero-order valence-electron chi connectivity index (χ0n) is 13.6. The van der Waals surface area contributed by atoms with Gasteiger partial charge in [0.2, 0.25) is 0 Å². The van der Waals surface area contributed by atoms with Crippen molar-refractivity contribution < 1.29 is 0 Å². The molecule has 0 fully saturated rings. The van der Waals surface area contributed by atoms with E-state index in [0.717, 1.165) is 24.8 Å². The topological polar surface area (TPSA) is 46.9 Å². The number of aromatic nitrogens is 2. The van der Waals surface area contributed by atoms with Crippen LogP contribution in [0.3, 0.4) is 0 Å². The summed E-state index contributed by atoms with van der Waals surface area (Å²) in [4.78, 5) is 12.4. The van der Waals surface area contributed by atoms with Gasteiger partial charge in [0.05, 0.1) is 17.6 Å². The smallest absolute Gasteiger partial charge is 0.292 e. The molecule has 4 nitrogen and oxygen atoms in total. The van der Waals surface area contributed by atoms with E-state index in [1.807, 2.05) is 31.2 Å². The number of hydrogen-bond acceptors (Lipinski definition) is 3. The average molecular weight is 342 g/mol. The van der Waals surface area contributed by atoms with E-state index in [1.165, 1.54) is 10.3 Å². The van der Waals surface area contributed by atoms with Crippen LogP contribution in [0, 0.1) is 6.92 Å². The number of aryl methyl sites for hydroxylation is 1. The lowest BCUT2D eigenvalue weighted by Crippen LogP contribution is -2.23. The molecule has 0 spiro atoms. The van der Waals surface area contributed by atoms with Gasteiger partial charge >= 0.3 is 0 Å². The van der Waals surface area contributed by atoms with E-state index in [4.69, 9.17) is 11.6 Å². The third-order valence-electron chi connectivity index (χ3n) is 4.00. The Morgan fingerprint density at radius 1 is 1.25 bits per heavy atom. The van der Waals surface area contributed by atoms with Crippen molar-refractivity contribution in [2.24, 2.45) is 0 Å². The zero-order chi connectivity index (χ0) is 16.9. The van der Waals surface area contributed by atoms with Crippen LogP contribution in [0.15, 0.2) is 59.1 Å². The van der Waals surface area contributed by atoms with Crippen LogP contribution in [0.25, 0.3) is 5.69 Å². The Morgan fingerprint density at radius 2 is 2.04 bits per heavy atom.